The number of carbonyl (C=O) groups excluding carboxylic acids is 1. The molecule has 1 N–H and O–H groups in total. The molecule has 1 aliphatic rings. The fraction of sp³-hybridized carbons (Fsp3) is 0.182. The predicted octanol–water partition coefficient (Wildman–Crippen LogP) is 4.04. The van der Waals surface area contributed by atoms with E-state index in [2.05, 4.69) is 11.4 Å². The number of hydrogen-bond donors (Lipinski definition) is 1. The van der Waals surface area contributed by atoms with Crippen LogP contribution < -0.4 is 15.6 Å². The van der Waals surface area contributed by atoms with Crippen molar-refractivity contribution in [3.8, 4) is 22.6 Å². The van der Waals surface area contributed by atoms with Crippen LogP contribution in [-0.4, -0.2) is 10.5 Å². The van der Waals surface area contributed by atoms with Gasteiger partial charge in [0, 0.05) is 25.2 Å². The van der Waals surface area contributed by atoms with Crippen molar-refractivity contribution in [3.63, 3.8) is 0 Å². The van der Waals surface area contributed by atoms with Crippen molar-refractivity contribution in [1.29, 1.82) is 0 Å². The average molecular weight is 360 g/mol. The van der Waals surface area contributed by atoms with Crippen molar-refractivity contribution in [1.82, 2.24) is 4.57 Å². The number of nitrogens with one attached hydrogen (secondary N) is 1. The van der Waals surface area contributed by atoms with E-state index in [0.717, 1.165) is 22.4 Å². The van der Waals surface area contributed by atoms with E-state index in [1.807, 2.05) is 55.6 Å². The first-order valence-corrected chi connectivity index (χ1v) is 8.88. The monoisotopic (exact) mass is 360 g/mol. The Bertz CT molecular complexity index is 1060. The molecular weight excluding hydrogens is 340 g/mol. The molecule has 1 aromatic heterocycles. The number of nitrogens with zero attached hydrogens (tertiary/aromatic N) is 1. The summed E-state index contributed by atoms with van der Waals surface area (Å²) in [6, 6.07) is 15.3. The number of carbonyl (C=O) groups is 1. The lowest BCUT2D eigenvalue weighted by Gasteiger charge is -2.22. The molecule has 4 rings (SSSR count). The van der Waals surface area contributed by atoms with Crippen molar-refractivity contribution < 1.29 is 9.53 Å². The van der Waals surface area contributed by atoms with E-state index in [0.29, 0.717) is 29.9 Å². The molecule has 2 aromatic carbocycles. The number of ether oxygens (including phenoxy) is 1. The Labute approximate surface area is 157 Å². The Morgan fingerprint density at radius 3 is 2.52 bits per heavy atom. The zero-order valence-electron chi connectivity index (χ0n) is 15.3. The van der Waals surface area contributed by atoms with Crippen LogP contribution >= 0.6 is 0 Å². The van der Waals surface area contributed by atoms with Crippen LogP contribution in [0.25, 0.3) is 11.1 Å². The smallest absolute Gasteiger partial charge is 0.253 e. The number of fused-ring (bicyclic) bond motifs is 1. The van der Waals surface area contributed by atoms with Crippen LogP contribution in [0.1, 0.15) is 17.5 Å². The maximum absolute atomic E-state index is 12.0. The summed E-state index contributed by atoms with van der Waals surface area (Å²) in [6.07, 6.45) is 2.93. The highest BCUT2D eigenvalue weighted by atomic mass is 16.5. The summed E-state index contributed by atoms with van der Waals surface area (Å²) >= 11 is 0. The van der Waals surface area contributed by atoms with E-state index >= 15 is 0 Å². The lowest BCUT2D eigenvalue weighted by Crippen LogP contribution is -2.20. The highest BCUT2D eigenvalue weighted by Crippen LogP contribution is 2.39. The van der Waals surface area contributed by atoms with Crippen LogP contribution in [0.3, 0.4) is 0 Å². The molecule has 2 heterocycles. The number of benzene rings is 2. The molecule has 0 aliphatic carbocycles. The Kier molecular flexibility index (Phi) is 4.28. The van der Waals surface area contributed by atoms with E-state index in [-0.39, 0.29) is 11.5 Å². The third-order valence-corrected chi connectivity index (χ3v) is 4.74. The number of aryl methyl sites for hydroxylation is 3. The van der Waals surface area contributed by atoms with E-state index in [1.54, 1.807) is 11.6 Å². The molecule has 136 valence electrons. The van der Waals surface area contributed by atoms with Gasteiger partial charge in [0.15, 0.2) is 5.75 Å². The molecule has 0 radical (unpaired) electrons. The number of aromatic nitrogens is 1. The Hall–Kier alpha value is -3.34. The minimum Gasteiger partial charge on any atom is -0.455 e. The van der Waals surface area contributed by atoms with E-state index in [1.165, 1.54) is 0 Å². The summed E-state index contributed by atoms with van der Waals surface area (Å²) < 4.78 is 7.68. The molecule has 1 amide bonds. The molecule has 0 saturated heterocycles. The predicted molar refractivity (Wildman–Crippen MR) is 105 cm³/mol. The van der Waals surface area contributed by atoms with Crippen LogP contribution in [0.4, 0.5) is 5.69 Å². The third-order valence-electron chi connectivity index (χ3n) is 4.74. The minimum atomic E-state index is -0.00951. The van der Waals surface area contributed by atoms with Gasteiger partial charge in [-0.1, -0.05) is 18.2 Å². The first kappa shape index (κ1) is 17.1. The number of amides is 1. The largest absolute Gasteiger partial charge is 0.455 e. The number of rotatable bonds is 3. The molecule has 0 bridgehead atoms. The van der Waals surface area contributed by atoms with E-state index < -0.39 is 0 Å². The van der Waals surface area contributed by atoms with Gasteiger partial charge in [-0.2, -0.15) is 0 Å². The maximum atomic E-state index is 12.0. The van der Waals surface area contributed by atoms with Crippen molar-refractivity contribution in [2.24, 2.45) is 7.05 Å². The first-order chi connectivity index (χ1) is 13.0. The fourth-order valence-corrected chi connectivity index (χ4v) is 3.36. The molecule has 0 saturated carbocycles. The molecule has 5 nitrogen and oxygen atoms in total. The van der Waals surface area contributed by atoms with Gasteiger partial charge in [-0.25, -0.2) is 0 Å². The van der Waals surface area contributed by atoms with Crippen molar-refractivity contribution in [2.75, 3.05) is 5.32 Å². The van der Waals surface area contributed by atoms with Crippen LogP contribution in [0, 0.1) is 6.92 Å². The van der Waals surface area contributed by atoms with Crippen LogP contribution in [0.15, 0.2) is 59.5 Å². The maximum Gasteiger partial charge on any atom is 0.253 e. The number of pyridine rings is 1. The molecule has 0 spiro atoms. The molecule has 5 heteroatoms. The zero-order chi connectivity index (χ0) is 19.0. The summed E-state index contributed by atoms with van der Waals surface area (Å²) in [4.78, 5) is 23.9. The quantitative estimate of drug-likeness (QED) is 0.767. The highest BCUT2D eigenvalue weighted by molar-refractivity contribution is 5.96. The summed E-state index contributed by atoms with van der Waals surface area (Å²) in [7, 11) is 1.75. The highest BCUT2D eigenvalue weighted by Gasteiger charge is 2.21. The van der Waals surface area contributed by atoms with Gasteiger partial charge in [-0.3, -0.25) is 9.59 Å². The van der Waals surface area contributed by atoms with Crippen LogP contribution in [0.2, 0.25) is 0 Å². The van der Waals surface area contributed by atoms with Gasteiger partial charge in [-0.05, 0) is 60.4 Å². The van der Waals surface area contributed by atoms with Gasteiger partial charge in [-0.15, -0.1) is 0 Å². The minimum absolute atomic E-state index is 0.00823. The zero-order valence-corrected chi connectivity index (χ0v) is 15.3. The summed E-state index contributed by atoms with van der Waals surface area (Å²) in [5, 5.41) is 2.94. The second-order valence-electron chi connectivity index (χ2n) is 6.80. The second-order valence-corrected chi connectivity index (χ2v) is 6.80. The summed E-state index contributed by atoms with van der Waals surface area (Å²) in [5.41, 5.74) is 4.32. The van der Waals surface area contributed by atoms with Crippen LogP contribution in [-0.2, 0) is 18.3 Å². The number of hydrogen-bond acceptors (Lipinski definition) is 3. The normalized spacial score (nSPS) is 13.0. The molecular formula is C22H20N2O3. The third kappa shape index (κ3) is 3.36. The van der Waals surface area contributed by atoms with Gasteiger partial charge in [0.1, 0.15) is 5.75 Å². The van der Waals surface area contributed by atoms with Gasteiger partial charge < -0.3 is 14.6 Å². The van der Waals surface area contributed by atoms with E-state index in [9.17, 15) is 9.59 Å². The van der Waals surface area contributed by atoms with Crippen molar-refractivity contribution >= 4 is 11.6 Å². The lowest BCUT2D eigenvalue weighted by molar-refractivity contribution is -0.116. The standard InChI is InChI=1S/C22H20N2O3/c1-14-10-17(13-24(2)22(14)26)16-11-15-8-9-20(25)23-21(15)19(12-16)27-18-6-4-3-5-7-18/h3-7,10-13H,8-9H2,1-2H3,(H,23,25). The van der Waals surface area contributed by atoms with Gasteiger partial charge in [0.2, 0.25) is 5.91 Å². The number of para-hydroxylation sites is 1. The Morgan fingerprint density at radius 2 is 1.78 bits per heavy atom. The molecule has 0 atom stereocenters. The SMILES string of the molecule is Cc1cc(-c2cc3c(c(Oc4ccccc4)c2)NC(=O)CC3)cn(C)c1=O. The lowest BCUT2D eigenvalue weighted by atomic mass is 9.96. The Balaban J connectivity index is 1.85. The van der Waals surface area contributed by atoms with Gasteiger partial charge >= 0.3 is 0 Å². The van der Waals surface area contributed by atoms with Crippen LogP contribution in [0.5, 0.6) is 11.5 Å². The first-order valence-electron chi connectivity index (χ1n) is 8.88. The van der Waals surface area contributed by atoms with Gasteiger partial charge in [0.25, 0.3) is 5.56 Å². The second kappa shape index (κ2) is 6.76. The van der Waals surface area contributed by atoms with Crippen molar-refractivity contribution in [3.05, 3.63) is 76.2 Å². The summed E-state index contributed by atoms with van der Waals surface area (Å²) in [6.45, 7) is 1.81. The van der Waals surface area contributed by atoms with Crippen molar-refractivity contribution in [2.45, 2.75) is 19.8 Å². The Morgan fingerprint density at radius 1 is 1.00 bits per heavy atom. The molecule has 0 unspecified atom stereocenters. The van der Waals surface area contributed by atoms with Gasteiger partial charge in [0.05, 0.1) is 5.69 Å². The molecule has 27 heavy (non-hydrogen) atoms. The van der Waals surface area contributed by atoms with E-state index in [4.69, 9.17) is 4.74 Å². The topological polar surface area (TPSA) is 60.3 Å². The molecule has 3 aromatic rings. The molecule has 0 fully saturated rings. The average Bonchev–Trinajstić information content (AvgIpc) is 2.66. The molecule has 1 aliphatic heterocycles. The summed E-state index contributed by atoms with van der Waals surface area (Å²) in [5.74, 6) is 1.30. The number of anilines is 1. The fourth-order valence-electron chi connectivity index (χ4n) is 3.36.